The monoisotopic (exact) mass is 252 g/mol. The van der Waals surface area contributed by atoms with Crippen LogP contribution in [0.1, 0.15) is 6.92 Å². The smallest absolute Gasteiger partial charge is 0.180 e. The molecule has 1 aliphatic rings. The number of hydrogen-bond acceptors (Lipinski definition) is 4. The first kappa shape index (κ1) is 10.8. The number of fused-ring (bicyclic) bond motifs is 1. The van der Waals surface area contributed by atoms with Gasteiger partial charge in [-0.05, 0) is 6.92 Å². The number of hydrogen-bond donors (Lipinski definition) is 0. The Bertz CT molecular complexity index is 541. The molecule has 5 nitrogen and oxygen atoms in total. The van der Waals surface area contributed by atoms with Gasteiger partial charge in [0.2, 0.25) is 0 Å². The highest BCUT2D eigenvalue weighted by atomic mass is 35.5. The highest BCUT2D eigenvalue weighted by Crippen LogP contribution is 2.23. The van der Waals surface area contributed by atoms with Crippen LogP contribution in [0.2, 0.25) is 5.15 Å². The molecule has 0 bridgehead atoms. The molecule has 3 heterocycles. The molecule has 0 aromatic carbocycles. The first-order chi connectivity index (χ1) is 8.25. The molecule has 1 atom stereocenters. The molecule has 2 aromatic heterocycles. The van der Waals surface area contributed by atoms with E-state index < -0.39 is 0 Å². The van der Waals surface area contributed by atoms with Crippen molar-refractivity contribution in [2.75, 3.05) is 24.7 Å². The van der Waals surface area contributed by atoms with Gasteiger partial charge in [0.1, 0.15) is 5.15 Å². The van der Waals surface area contributed by atoms with Gasteiger partial charge in [0.15, 0.2) is 11.5 Å². The second-order valence-corrected chi connectivity index (χ2v) is 4.55. The van der Waals surface area contributed by atoms with E-state index in [1.54, 1.807) is 12.4 Å². The molecule has 1 fully saturated rings. The Morgan fingerprint density at radius 3 is 3.24 bits per heavy atom. The summed E-state index contributed by atoms with van der Waals surface area (Å²) in [6.07, 6.45) is 5.39. The Morgan fingerprint density at radius 1 is 1.53 bits per heavy atom. The Labute approximate surface area is 104 Å². The predicted octanol–water partition coefficient (Wildman–Crippen LogP) is 1.61. The fraction of sp³-hybridized carbons (Fsp3) is 0.455. The number of aromatic nitrogens is 3. The molecular formula is C11H13ClN4O. The zero-order chi connectivity index (χ0) is 11.8. The zero-order valence-corrected chi connectivity index (χ0v) is 10.3. The second-order valence-electron chi connectivity index (χ2n) is 4.16. The van der Waals surface area contributed by atoms with Gasteiger partial charge in [0.05, 0.1) is 19.3 Å². The van der Waals surface area contributed by atoms with Crippen LogP contribution >= 0.6 is 11.6 Å². The third kappa shape index (κ3) is 1.85. The summed E-state index contributed by atoms with van der Waals surface area (Å²) in [5.74, 6) is 0.832. The number of halogens is 1. The first-order valence-electron chi connectivity index (χ1n) is 5.59. The lowest BCUT2D eigenvalue weighted by molar-refractivity contribution is 0.0986. The Kier molecular flexibility index (Phi) is 2.64. The van der Waals surface area contributed by atoms with Crippen LogP contribution in [0.15, 0.2) is 18.6 Å². The molecule has 0 spiro atoms. The number of anilines is 1. The van der Waals surface area contributed by atoms with Crippen LogP contribution in [-0.4, -0.2) is 40.2 Å². The van der Waals surface area contributed by atoms with Gasteiger partial charge in [-0.25, -0.2) is 9.97 Å². The van der Waals surface area contributed by atoms with Crippen molar-refractivity contribution in [3.63, 3.8) is 0 Å². The maximum atomic E-state index is 6.03. The highest BCUT2D eigenvalue weighted by molar-refractivity contribution is 6.29. The number of rotatable bonds is 1. The van der Waals surface area contributed by atoms with Crippen LogP contribution in [0.4, 0.5) is 5.82 Å². The molecule has 6 heteroatoms. The first-order valence-corrected chi connectivity index (χ1v) is 5.97. The van der Waals surface area contributed by atoms with Crippen molar-refractivity contribution in [1.82, 2.24) is 14.4 Å². The molecule has 1 aliphatic heterocycles. The van der Waals surface area contributed by atoms with Gasteiger partial charge in [-0.2, -0.15) is 0 Å². The number of ether oxygens (including phenoxy) is 1. The van der Waals surface area contributed by atoms with Gasteiger partial charge in [0.25, 0.3) is 0 Å². The van der Waals surface area contributed by atoms with Crippen LogP contribution in [-0.2, 0) is 4.74 Å². The van der Waals surface area contributed by atoms with Crippen molar-refractivity contribution < 1.29 is 4.74 Å². The van der Waals surface area contributed by atoms with Gasteiger partial charge in [0, 0.05) is 25.1 Å². The molecule has 0 saturated carbocycles. The topological polar surface area (TPSA) is 42.7 Å². The van der Waals surface area contributed by atoms with Gasteiger partial charge >= 0.3 is 0 Å². The molecule has 0 aliphatic carbocycles. The minimum atomic E-state index is 0.287. The molecule has 90 valence electrons. The lowest BCUT2D eigenvalue weighted by atomic mass is 10.2. The van der Waals surface area contributed by atoms with Crippen molar-refractivity contribution in [3.05, 3.63) is 23.7 Å². The molecule has 17 heavy (non-hydrogen) atoms. The van der Waals surface area contributed by atoms with E-state index >= 15 is 0 Å². The third-order valence-electron chi connectivity index (χ3n) is 2.97. The van der Waals surface area contributed by atoms with Crippen molar-refractivity contribution in [3.8, 4) is 0 Å². The Balaban J connectivity index is 2.11. The van der Waals surface area contributed by atoms with Crippen molar-refractivity contribution in [1.29, 1.82) is 0 Å². The zero-order valence-electron chi connectivity index (χ0n) is 9.51. The van der Waals surface area contributed by atoms with E-state index in [0.717, 1.165) is 18.0 Å². The van der Waals surface area contributed by atoms with E-state index in [-0.39, 0.29) is 6.04 Å². The van der Waals surface area contributed by atoms with Crippen LogP contribution in [0.5, 0.6) is 0 Å². The Hall–Kier alpha value is -1.33. The average molecular weight is 253 g/mol. The van der Waals surface area contributed by atoms with Crippen LogP contribution < -0.4 is 4.90 Å². The van der Waals surface area contributed by atoms with E-state index in [4.69, 9.17) is 16.3 Å². The molecule has 0 radical (unpaired) electrons. The predicted molar refractivity (Wildman–Crippen MR) is 65.6 cm³/mol. The maximum Gasteiger partial charge on any atom is 0.180 e. The fourth-order valence-corrected chi connectivity index (χ4v) is 2.30. The lowest BCUT2D eigenvalue weighted by Crippen LogP contribution is -2.44. The standard InChI is InChI=1S/C11H13ClN4O/c1-8-7-17-5-4-16(8)11-10-13-2-3-15(10)6-9(12)14-11/h2-3,6,8H,4-5,7H2,1H3/t8-/m1/s1. The summed E-state index contributed by atoms with van der Waals surface area (Å²) in [4.78, 5) is 10.9. The van der Waals surface area contributed by atoms with Crippen molar-refractivity contribution >= 4 is 23.1 Å². The average Bonchev–Trinajstić information content (AvgIpc) is 2.76. The minimum Gasteiger partial charge on any atom is -0.377 e. The summed E-state index contributed by atoms with van der Waals surface area (Å²) in [6, 6.07) is 0.287. The molecule has 2 aromatic rings. The van der Waals surface area contributed by atoms with Crippen molar-refractivity contribution in [2.24, 2.45) is 0 Å². The van der Waals surface area contributed by atoms with Crippen LogP contribution in [0.25, 0.3) is 5.65 Å². The quantitative estimate of drug-likeness (QED) is 0.773. The van der Waals surface area contributed by atoms with Gasteiger partial charge in [-0.1, -0.05) is 11.6 Å². The van der Waals surface area contributed by atoms with E-state index in [2.05, 4.69) is 21.8 Å². The molecule has 0 unspecified atom stereocenters. The van der Waals surface area contributed by atoms with Gasteiger partial charge < -0.3 is 14.0 Å². The molecule has 1 saturated heterocycles. The number of nitrogens with zero attached hydrogens (tertiary/aromatic N) is 4. The van der Waals surface area contributed by atoms with E-state index in [0.29, 0.717) is 18.4 Å². The van der Waals surface area contributed by atoms with Gasteiger partial charge in [-0.3, -0.25) is 0 Å². The number of imidazole rings is 1. The summed E-state index contributed by atoms with van der Waals surface area (Å²) in [5.41, 5.74) is 0.836. The third-order valence-corrected chi connectivity index (χ3v) is 3.15. The van der Waals surface area contributed by atoms with Crippen LogP contribution in [0, 0.1) is 0 Å². The minimum absolute atomic E-state index is 0.287. The fourth-order valence-electron chi connectivity index (χ4n) is 2.12. The molecule has 0 amide bonds. The molecule has 0 N–H and O–H groups in total. The van der Waals surface area contributed by atoms with E-state index in [1.165, 1.54) is 0 Å². The van der Waals surface area contributed by atoms with E-state index in [9.17, 15) is 0 Å². The normalized spacial score (nSPS) is 21.1. The highest BCUT2D eigenvalue weighted by Gasteiger charge is 2.23. The molecule has 3 rings (SSSR count). The molecular weight excluding hydrogens is 240 g/mol. The summed E-state index contributed by atoms with van der Waals surface area (Å²) >= 11 is 6.03. The largest absolute Gasteiger partial charge is 0.377 e. The second kappa shape index (κ2) is 4.16. The van der Waals surface area contributed by atoms with Gasteiger partial charge in [-0.15, -0.1) is 0 Å². The summed E-state index contributed by atoms with van der Waals surface area (Å²) < 4.78 is 7.32. The lowest BCUT2D eigenvalue weighted by Gasteiger charge is -2.34. The summed E-state index contributed by atoms with van der Waals surface area (Å²) in [7, 11) is 0. The Morgan fingerprint density at radius 2 is 2.41 bits per heavy atom. The number of morpholine rings is 1. The van der Waals surface area contributed by atoms with Crippen molar-refractivity contribution in [2.45, 2.75) is 13.0 Å². The summed E-state index contributed by atoms with van der Waals surface area (Å²) in [6.45, 7) is 4.35. The van der Waals surface area contributed by atoms with Crippen LogP contribution in [0.3, 0.4) is 0 Å². The maximum absolute atomic E-state index is 6.03. The van der Waals surface area contributed by atoms with E-state index in [1.807, 2.05) is 10.6 Å². The SMILES string of the molecule is C[C@@H]1COCCN1c1nc(Cl)cn2ccnc12. The summed E-state index contributed by atoms with van der Waals surface area (Å²) in [5, 5.41) is 0.476.